The fourth-order valence-corrected chi connectivity index (χ4v) is 1.96. The zero-order chi connectivity index (χ0) is 15.6. The summed E-state index contributed by atoms with van der Waals surface area (Å²) in [6.45, 7) is 1.53. The van der Waals surface area contributed by atoms with E-state index in [4.69, 9.17) is 9.26 Å². The van der Waals surface area contributed by atoms with E-state index in [1.165, 1.54) is 11.8 Å². The Morgan fingerprint density at radius 1 is 1.33 bits per heavy atom. The van der Waals surface area contributed by atoms with Gasteiger partial charge in [0.15, 0.2) is 5.76 Å². The van der Waals surface area contributed by atoms with Crippen molar-refractivity contribution >= 4 is 5.91 Å². The zero-order valence-corrected chi connectivity index (χ0v) is 12.5. The lowest BCUT2D eigenvalue weighted by Crippen LogP contribution is -2.23. The van der Waals surface area contributed by atoms with E-state index in [0.29, 0.717) is 11.4 Å². The molecule has 0 aliphatic heterocycles. The normalized spacial score (nSPS) is 12.0. The van der Waals surface area contributed by atoms with Gasteiger partial charge in [-0.3, -0.25) is 4.79 Å². The third-order valence-corrected chi connectivity index (χ3v) is 3.08. The summed E-state index contributed by atoms with van der Waals surface area (Å²) in [5.74, 6) is 0.607. The number of ether oxygens (including phenoxy) is 1. The maximum atomic E-state index is 12.3. The predicted molar refractivity (Wildman–Crippen MR) is 77.1 cm³/mol. The van der Waals surface area contributed by atoms with Crippen LogP contribution in [0.4, 0.5) is 0 Å². The Balaban J connectivity index is 2.54. The molecule has 1 N–H and O–H groups in total. The molecule has 6 heteroatoms. The van der Waals surface area contributed by atoms with Gasteiger partial charge in [-0.15, -0.1) is 0 Å². The van der Waals surface area contributed by atoms with Crippen molar-refractivity contribution in [1.29, 1.82) is 0 Å². The minimum atomic E-state index is -0.914. The number of aliphatic hydroxyl groups excluding tert-OH is 1. The number of amides is 1. The van der Waals surface area contributed by atoms with Crippen molar-refractivity contribution in [3.63, 3.8) is 0 Å². The summed E-state index contributed by atoms with van der Waals surface area (Å²) in [7, 11) is 4.86. The summed E-state index contributed by atoms with van der Waals surface area (Å²) in [6, 6.07) is 7.12. The number of carbonyl (C=O) groups excluding carboxylic acids is 1. The monoisotopic (exact) mass is 290 g/mol. The Bertz CT molecular complexity index is 630. The van der Waals surface area contributed by atoms with Gasteiger partial charge in [-0.1, -0.05) is 5.16 Å². The molecule has 112 valence electrons. The molecule has 6 nitrogen and oxygen atoms in total. The lowest BCUT2D eigenvalue weighted by molar-refractivity contribution is 0.0815. The molecule has 0 bridgehead atoms. The highest BCUT2D eigenvalue weighted by molar-refractivity contribution is 6.00. The molecule has 21 heavy (non-hydrogen) atoms. The molecule has 0 saturated carbocycles. The van der Waals surface area contributed by atoms with Gasteiger partial charge >= 0.3 is 0 Å². The molecule has 1 unspecified atom stereocenters. The molecular weight excluding hydrogens is 272 g/mol. The van der Waals surface area contributed by atoms with Crippen LogP contribution < -0.4 is 4.74 Å². The van der Waals surface area contributed by atoms with Gasteiger partial charge in [0.2, 0.25) is 0 Å². The first kappa shape index (κ1) is 15.1. The van der Waals surface area contributed by atoms with Crippen LogP contribution in [0, 0.1) is 0 Å². The van der Waals surface area contributed by atoms with Crippen molar-refractivity contribution in [3.05, 3.63) is 35.6 Å². The number of carbonyl (C=O) groups is 1. The Morgan fingerprint density at radius 3 is 2.43 bits per heavy atom. The summed E-state index contributed by atoms with van der Waals surface area (Å²) in [5, 5.41) is 13.7. The largest absolute Gasteiger partial charge is 0.497 e. The van der Waals surface area contributed by atoms with E-state index >= 15 is 0 Å². The molecule has 0 aliphatic rings. The topological polar surface area (TPSA) is 75.8 Å². The van der Waals surface area contributed by atoms with Gasteiger partial charge in [0.1, 0.15) is 23.1 Å². The van der Waals surface area contributed by atoms with Gasteiger partial charge in [0.25, 0.3) is 5.91 Å². The fourth-order valence-electron chi connectivity index (χ4n) is 1.96. The van der Waals surface area contributed by atoms with Crippen molar-refractivity contribution in [2.45, 2.75) is 13.0 Å². The summed E-state index contributed by atoms with van der Waals surface area (Å²) in [6.07, 6.45) is -0.914. The van der Waals surface area contributed by atoms with Crippen molar-refractivity contribution in [3.8, 4) is 17.0 Å². The van der Waals surface area contributed by atoms with Gasteiger partial charge < -0.3 is 19.3 Å². The molecule has 1 atom stereocenters. The third-order valence-electron chi connectivity index (χ3n) is 3.08. The van der Waals surface area contributed by atoms with Crippen molar-refractivity contribution in [2.75, 3.05) is 21.2 Å². The van der Waals surface area contributed by atoms with Gasteiger partial charge in [0.05, 0.1) is 7.11 Å². The quantitative estimate of drug-likeness (QED) is 0.933. The molecule has 1 heterocycles. The Morgan fingerprint density at radius 2 is 1.95 bits per heavy atom. The molecule has 1 aromatic carbocycles. The van der Waals surface area contributed by atoms with E-state index in [1.54, 1.807) is 45.5 Å². The molecule has 0 radical (unpaired) electrons. The van der Waals surface area contributed by atoms with Gasteiger partial charge in [-0.05, 0) is 31.2 Å². The van der Waals surface area contributed by atoms with Crippen molar-refractivity contribution in [1.82, 2.24) is 10.1 Å². The molecule has 0 saturated heterocycles. The first-order valence-corrected chi connectivity index (χ1v) is 6.49. The summed E-state index contributed by atoms with van der Waals surface area (Å²) < 4.78 is 10.3. The standard InChI is InChI=1S/C15H18N2O4/c1-9(18)14-12(15(19)17(2)3)13(16-21-14)10-5-7-11(20-4)8-6-10/h5-9,18H,1-4H3. The van der Waals surface area contributed by atoms with Crippen molar-refractivity contribution < 1.29 is 19.2 Å². The fraction of sp³-hybridized carbons (Fsp3) is 0.333. The number of benzene rings is 1. The molecule has 1 aromatic heterocycles. The second kappa shape index (κ2) is 5.97. The Labute approximate surface area is 122 Å². The van der Waals surface area contributed by atoms with E-state index in [0.717, 1.165) is 5.56 Å². The molecular formula is C15H18N2O4. The second-order valence-electron chi connectivity index (χ2n) is 4.87. The number of aliphatic hydroxyl groups is 1. The van der Waals surface area contributed by atoms with Crippen LogP contribution >= 0.6 is 0 Å². The van der Waals surface area contributed by atoms with Crippen LogP contribution in [-0.4, -0.2) is 42.3 Å². The van der Waals surface area contributed by atoms with Crippen LogP contribution in [0.25, 0.3) is 11.3 Å². The summed E-state index contributed by atoms with van der Waals surface area (Å²) in [5.41, 5.74) is 1.41. The Hall–Kier alpha value is -2.34. The predicted octanol–water partition coefficient (Wildman–Crippen LogP) is 2.11. The number of methoxy groups -OCH3 is 1. The SMILES string of the molecule is COc1ccc(-c2noc(C(C)O)c2C(=O)N(C)C)cc1. The van der Waals surface area contributed by atoms with Crippen LogP contribution in [0.15, 0.2) is 28.8 Å². The van der Waals surface area contributed by atoms with Crippen LogP contribution in [0.1, 0.15) is 29.1 Å². The average Bonchev–Trinajstić information content (AvgIpc) is 2.91. The van der Waals surface area contributed by atoms with Crippen LogP contribution in [0.2, 0.25) is 0 Å². The highest BCUT2D eigenvalue weighted by Crippen LogP contribution is 2.30. The zero-order valence-electron chi connectivity index (χ0n) is 12.5. The van der Waals surface area contributed by atoms with E-state index in [9.17, 15) is 9.90 Å². The number of rotatable bonds is 4. The molecule has 1 amide bonds. The minimum absolute atomic E-state index is 0.166. The molecule has 0 spiro atoms. The number of hydrogen-bond donors (Lipinski definition) is 1. The summed E-state index contributed by atoms with van der Waals surface area (Å²) >= 11 is 0. The number of hydrogen-bond acceptors (Lipinski definition) is 5. The first-order chi connectivity index (χ1) is 9.95. The van der Waals surface area contributed by atoms with Gasteiger partial charge in [-0.25, -0.2) is 0 Å². The van der Waals surface area contributed by atoms with E-state index in [2.05, 4.69) is 5.16 Å². The van der Waals surface area contributed by atoms with Crippen LogP contribution in [0.5, 0.6) is 5.75 Å². The minimum Gasteiger partial charge on any atom is -0.497 e. The highest BCUT2D eigenvalue weighted by atomic mass is 16.5. The maximum absolute atomic E-state index is 12.3. The van der Waals surface area contributed by atoms with Crippen molar-refractivity contribution in [2.24, 2.45) is 0 Å². The highest BCUT2D eigenvalue weighted by Gasteiger charge is 2.27. The molecule has 0 aliphatic carbocycles. The van der Waals surface area contributed by atoms with E-state index in [-0.39, 0.29) is 17.2 Å². The van der Waals surface area contributed by atoms with Gasteiger partial charge in [0, 0.05) is 19.7 Å². The van der Waals surface area contributed by atoms with Gasteiger partial charge in [-0.2, -0.15) is 0 Å². The smallest absolute Gasteiger partial charge is 0.259 e. The number of nitrogens with zero attached hydrogens (tertiary/aromatic N) is 2. The molecule has 0 fully saturated rings. The van der Waals surface area contributed by atoms with E-state index < -0.39 is 6.10 Å². The van der Waals surface area contributed by atoms with Crippen LogP contribution in [0.3, 0.4) is 0 Å². The van der Waals surface area contributed by atoms with E-state index in [1.807, 2.05) is 0 Å². The molecule has 2 aromatic rings. The lowest BCUT2D eigenvalue weighted by atomic mass is 10.0. The Kier molecular flexibility index (Phi) is 4.28. The average molecular weight is 290 g/mol. The first-order valence-electron chi connectivity index (χ1n) is 6.49. The number of aromatic nitrogens is 1. The summed E-state index contributed by atoms with van der Waals surface area (Å²) in [4.78, 5) is 13.8. The third kappa shape index (κ3) is 2.90. The molecule has 2 rings (SSSR count). The second-order valence-corrected chi connectivity index (χ2v) is 4.87. The van der Waals surface area contributed by atoms with Crippen LogP contribution in [-0.2, 0) is 0 Å². The lowest BCUT2D eigenvalue weighted by Gasteiger charge is -2.12. The maximum Gasteiger partial charge on any atom is 0.259 e.